The van der Waals surface area contributed by atoms with Gasteiger partial charge in [0.15, 0.2) is 5.58 Å². The number of nitrogens with one attached hydrogen (secondary N) is 1. The monoisotopic (exact) mass is 421 g/mol. The number of amides is 1. The zero-order chi connectivity index (χ0) is 19.9. The second-order valence-electron chi connectivity index (χ2n) is 6.07. The van der Waals surface area contributed by atoms with Gasteiger partial charge in [-0.2, -0.15) is 23.1 Å². The van der Waals surface area contributed by atoms with E-state index in [0.29, 0.717) is 31.4 Å². The predicted molar refractivity (Wildman–Crippen MR) is 110 cm³/mol. The van der Waals surface area contributed by atoms with Crippen LogP contribution in [0, 0.1) is 10.1 Å². The van der Waals surface area contributed by atoms with Crippen LogP contribution in [-0.2, 0) is 17.1 Å². The van der Waals surface area contributed by atoms with Gasteiger partial charge < -0.3 is 9.73 Å². The molecule has 3 rings (SSSR count). The number of thioether (sulfide) groups is 1. The number of aryl methyl sites for hydroxylation is 1. The van der Waals surface area contributed by atoms with Crippen molar-refractivity contribution in [2.75, 3.05) is 12.3 Å². The first-order valence-corrected chi connectivity index (χ1v) is 10.8. The molecule has 0 bridgehead atoms. The molecule has 8 nitrogen and oxygen atoms in total. The van der Waals surface area contributed by atoms with Gasteiger partial charge in [-0.3, -0.25) is 19.5 Å². The third-order valence-electron chi connectivity index (χ3n) is 4.07. The van der Waals surface area contributed by atoms with Crippen LogP contribution in [0.1, 0.15) is 18.4 Å². The van der Waals surface area contributed by atoms with E-state index in [9.17, 15) is 19.7 Å². The Kier molecular flexibility index (Phi) is 6.88. The Labute approximate surface area is 168 Å². The van der Waals surface area contributed by atoms with Crippen molar-refractivity contribution in [3.05, 3.63) is 61.3 Å². The minimum Gasteiger partial charge on any atom is -0.407 e. The van der Waals surface area contributed by atoms with E-state index >= 15 is 0 Å². The summed E-state index contributed by atoms with van der Waals surface area (Å²) >= 11 is 3.44. The third kappa shape index (κ3) is 5.23. The molecule has 0 saturated heterocycles. The third-order valence-corrected chi connectivity index (χ3v) is 5.83. The molecule has 0 aliphatic carbocycles. The van der Waals surface area contributed by atoms with Crippen LogP contribution >= 0.6 is 23.1 Å². The van der Waals surface area contributed by atoms with Gasteiger partial charge in [-0.15, -0.1) is 0 Å². The van der Waals surface area contributed by atoms with Crippen molar-refractivity contribution in [1.82, 2.24) is 9.88 Å². The fourth-order valence-electron chi connectivity index (χ4n) is 2.69. The van der Waals surface area contributed by atoms with Crippen LogP contribution in [0.2, 0.25) is 0 Å². The largest absolute Gasteiger partial charge is 0.419 e. The van der Waals surface area contributed by atoms with Crippen LogP contribution in [0.15, 0.2) is 44.2 Å². The molecule has 3 aromatic rings. The molecule has 10 heteroatoms. The van der Waals surface area contributed by atoms with E-state index in [1.54, 1.807) is 23.1 Å². The lowest BCUT2D eigenvalue weighted by molar-refractivity contribution is -0.384. The highest BCUT2D eigenvalue weighted by atomic mass is 32.2. The number of benzene rings is 1. The summed E-state index contributed by atoms with van der Waals surface area (Å²) in [5, 5.41) is 17.8. The van der Waals surface area contributed by atoms with Crippen molar-refractivity contribution in [3.8, 4) is 0 Å². The summed E-state index contributed by atoms with van der Waals surface area (Å²) < 4.78 is 6.46. The molecule has 1 N–H and O–H groups in total. The van der Waals surface area contributed by atoms with Crippen LogP contribution in [-0.4, -0.2) is 27.7 Å². The van der Waals surface area contributed by atoms with Crippen molar-refractivity contribution in [2.45, 2.75) is 25.1 Å². The number of carbonyl (C=O) groups is 1. The summed E-state index contributed by atoms with van der Waals surface area (Å²) in [5.41, 5.74) is 1.82. The maximum atomic E-state index is 12.0. The number of nitrogens with zero attached hydrogens (tertiary/aromatic N) is 2. The van der Waals surface area contributed by atoms with Crippen molar-refractivity contribution in [3.63, 3.8) is 0 Å². The van der Waals surface area contributed by atoms with E-state index in [1.165, 1.54) is 28.3 Å². The van der Waals surface area contributed by atoms with Crippen molar-refractivity contribution in [2.24, 2.45) is 0 Å². The molecule has 0 fully saturated rings. The van der Waals surface area contributed by atoms with Gasteiger partial charge >= 0.3 is 5.76 Å². The zero-order valence-corrected chi connectivity index (χ0v) is 16.6. The lowest BCUT2D eigenvalue weighted by Gasteiger charge is -2.05. The molecule has 148 valence electrons. The first kappa shape index (κ1) is 20.2. The molecule has 1 aromatic carbocycles. The standard InChI is InChI=1S/C18H19N3O5S2/c22-17(19-6-9-28-12-13-5-8-27-11-13)2-1-7-20-15-4-3-14(21(24)25)10-16(15)26-18(20)23/h3-5,8,10-11H,1-2,6-7,9,12H2,(H,19,22). The highest BCUT2D eigenvalue weighted by molar-refractivity contribution is 7.98. The van der Waals surface area contributed by atoms with E-state index in [2.05, 4.69) is 16.8 Å². The van der Waals surface area contributed by atoms with Gasteiger partial charge in [0.25, 0.3) is 5.69 Å². The summed E-state index contributed by atoms with van der Waals surface area (Å²) in [7, 11) is 0. The van der Waals surface area contributed by atoms with Crippen LogP contribution in [0.25, 0.3) is 11.1 Å². The Morgan fingerprint density at radius 3 is 2.96 bits per heavy atom. The molecule has 2 aromatic heterocycles. The SMILES string of the molecule is O=C(CCCn1c(=O)oc2cc([N+](=O)[O-])ccc21)NCCSCc1ccsc1. The number of carbonyl (C=O) groups excluding carboxylic acids is 1. The number of non-ortho nitro benzene ring substituents is 1. The number of thiophene rings is 1. The molecule has 0 spiro atoms. The highest BCUT2D eigenvalue weighted by Crippen LogP contribution is 2.20. The Bertz CT molecular complexity index is 1010. The summed E-state index contributed by atoms with van der Waals surface area (Å²) in [6, 6.07) is 6.14. The minimum atomic E-state index is -0.583. The van der Waals surface area contributed by atoms with Crippen LogP contribution < -0.4 is 11.1 Å². The Balaban J connectivity index is 1.41. The van der Waals surface area contributed by atoms with Gasteiger partial charge in [0.1, 0.15) is 0 Å². The number of hydrogen-bond acceptors (Lipinski definition) is 7. The number of oxazole rings is 1. The first-order valence-electron chi connectivity index (χ1n) is 8.68. The molecule has 0 unspecified atom stereocenters. The molecule has 0 atom stereocenters. The summed E-state index contributed by atoms with van der Waals surface area (Å²) in [6.07, 6.45) is 0.765. The number of hydrogen-bond donors (Lipinski definition) is 1. The molecule has 2 heterocycles. The fourth-order valence-corrected chi connectivity index (χ4v) is 4.27. The topological polar surface area (TPSA) is 107 Å². The Morgan fingerprint density at radius 1 is 1.36 bits per heavy atom. The molecule has 28 heavy (non-hydrogen) atoms. The van der Waals surface area contributed by atoms with E-state index in [-0.39, 0.29) is 17.2 Å². The molecular weight excluding hydrogens is 402 g/mol. The molecule has 0 radical (unpaired) electrons. The number of nitro benzene ring substituents is 1. The van der Waals surface area contributed by atoms with Crippen LogP contribution in [0.3, 0.4) is 0 Å². The van der Waals surface area contributed by atoms with E-state index < -0.39 is 10.7 Å². The van der Waals surface area contributed by atoms with Gasteiger partial charge in [0, 0.05) is 37.1 Å². The van der Waals surface area contributed by atoms with Crippen LogP contribution in [0.4, 0.5) is 5.69 Å². The fraction of sp³-hybridized carbons (Fsp3) is 0.333. The highest BCUT2D eigenvalue weighted by Gasteiger charge is 2.14. The van der Waals surface area contributed by atoms with Gasteiger partial charge in [0.2, 0.25) is 5.91 Å². The summed E-state index contributed by atoms with van der Waals surface area (Å²) in [4.78, 5) is 34.1. The molecule has 1 amide bonds. The minimum absolute atomic E-state index is 0.0624. The second kappa shape index (κ2) is 9.56. The summed E-state index contributed by atoms with van der Waals surface area (Å²) in [5.74, 6) is 1.13. The van der Waals surface area contributed by atoms with Crippen molar-refractivity contribution >= 4 is 45.8 Å². The van der Waals surface area contributed by atoms with Crippen LogP contribution in [0.5, 0.6) is 0 Å². The average molecular weight is 422 g/mol. The van der Waals surface area contributed by atoms with Gasteiger partial charge in [-0.05, 0) is 34.9 Å². The normalized spacial score (nSPS) is 11.0. The van der Waals surface area contributed by atoms with Crippen molar-refractivity contribution < 1.29 is 14.1 Å². The Hall–Kier alpha value is -2.59. The molecule has 0 saturated carbocycles. The number of rotatable bonds is 10. The van der Waals surface area contributed by atoms with Crippen molar-refractivity contribution in [1.29, 1.82) is 0 Å². The number of nitro groups is 1. The zero-order valence-electron chi connectivity index (χ0n) is 15.0. The summed E-state index contributed by atoms with van der Waals surface area (Å²) in [6.45, 7) is 0.913. The van der Waals surface area contributed by atoms with Gasteiger partial charge in [0.05, 0.1) is 16.5 Å². The second-order valence-corrected chi connectivity index (χ2v) is 7.95. The lowest BCUT2D eigenvalue weighted by Crippen LogP contribution is -2.26. The molecular formula is C18H19N3O5S2. The smallest absolute Gasteiger partial charge is 0.407 e. The van der Waals surface area contributed by atoms with E-state index in [4.69, 9.17) is 4.42 Å². The quantitative estimate of drug-likeness (QED) is 0.305. The van der Waals surface area contributed by atoms with Gasteiger partial charge in [-0.25, -0.2) is 4.79 Å². The molecule has 0 aliphatic heterocycles. The van der Waals surface area contributed by atoms with E-state index in [1.807, 2.05) is 5.38 Å². The average Bonchev–Trinajstić information content (AvgIpc) is 3.28. The first-order chi connectivity index (χ1) is 13.5. The maximum Gasteiger partial charge on any atom is 0.419 e. The van der Waals surface area contributed by atoms with E-state index in [0.717, 1.165) is 11.5 Å². The predicted octanol–water partition coefficient (Wildman–Crippen LogP) is 3.39. The molecule has 0 aliphatic rings. The van der Waals surface area contributed by atoms with Gasteiger partial charge in [-0.1, -0.05) is 0 Å². The number of fused-ring (bicyclic) bond motifs is 1. The Morgan fingerprint density at radius 2 is 2.21 bits per heavy atom. The maximum absolute atomic E-state index is 12.0. The lowest BCUT2D eigenvalue weighted by atomic mass is 10.2. The number of aromatic nitrogens is 1.